The number of nitrogens with zero attached hydrogens (tertiary/aromatic N) is 1. The smallest absolute Gasteiger partial charge is 0.254 e. The molecule has 4 rings (SSSR count). The largest absolute Gasteiger partial charge is 0.491 e. The molecule has 1 N–H and O–H groups in total. The van der Waals surface area contributed by atoms with E-state index in [-0.39, 0.29) is 50.6 Å². The maximum atomic E-state index is 13.5. The summed E-state index contributed by atoms with van der Waals surface area (Å²) >= 11 is 0. The summed E-state index contributed by atoms with van der Waals surface area (Å²) in [5, 5.41) is 2.92. The average Bonchev–Trinajstić information content (AvgIpc) is 2.79. The number of fused-ring (bicyclic) bond motifs is 1. The van der Waals surface area contributed by atoms with Crippen LogP contribution in [0.15, 0.2) is 24.3 Å². The van der Waals surface area contributed by atoms with Gasteiger partial charge in [0.25, 0.3) is 5.91 Å². The molecule has 1 aromatic rings. The number of hydrogen-bond donors (Lipinski definition) is 1. The van der Waals surface area contributed by atoms with Crippen molar-refractivity contribution >= 4 is 11.8 Å². The number of para-hydroxylation sites is 1. The van der Waals surface area contributed by atoms with Gasteiger partial charge in [0.1, 0.15) is 12.4 Å². The highest BCUT2D eigenvalue weighted by molar-refractivity contribution is 5.87. The highest BCUT2D eigenvalue weighted by atomic mass is 19.3. The summed E-state index contributed by atoms with van der Waals surface area (Å²) in [6.45, 7) is 1.50. The van der Waals surface area contributed by atoms with Crippen LogP contribution in [-0.4, -0.2) is 61.1 Å². The normalized spacial score (nSPS) is 27.4. The van der Waals surface area contributed by atoms with Gasteiger partial charge >= 0.3 is 0 Å². The van der Waals surface area contributed by atoms with Crippen molar-refractivity contribution in [3.05, 3.63) is 29.8 Å². The van der Waals surface area contributed by atoms with E-state index in [1.54, 1.807) is 4.90 Å². The van der Waals surface area contributed by atoms with Crippen LogP contribution in [-0.2, 0) is 20.7 Å². The molecule has 1 atom stereocenters. The number of benzene rings is 1. The second kappa shape index (κ2) is 9.73. The van der Waals surface area contributed by atoms with Crippen LogP contribution in [0.1, 0.15) is 50.5 Å². The summed E-state index contributed by atoms with van der Waals surface area (Å²) < 4.78 is 38.9. The summed E-state index contributed by atoms with van der Waals surface area (Å²) in [5.74, 6) is -2.58. The van der Waals surface area contributed by atoms with Crippen molar-refractivity contribution in [3.63, 3.8) is 0 Å². The Morgan fingerprint density at radius 2 is 1.88 bits per heavy atom. The zero-order valence-corrected chi connectivity index (χ0v) is 18.4. The van der Waals surface area contributed by atoms with Crippen LogP contribution >= 0.6 is 0 Å². The number of carbonyl (C=O) groups is 2. The first-order valence-electron chi connectivity index (χ1n) is 11.7. The van der Waals surface area contributed by atoms with Crippen molar-refractivity contribution < 1.29 is 27.8 Å². The lowest BCUT2D eigenvalue weighted by molar-refractivity contribution is -0.170. The van der Waals surface area contributed by atoms with Gasteiger partial charge in [-0.2, -0.15) is 0 Å². The van der Waals surface area contributed by atoms with E-state index in [2.05, 4.69) is 11.4 Å². The summed E-state index contributed by atoms with van der Waals surface area (Å²) in [6.07, 6.45) is 2.87. The number of morpholine rings is 1. The van der Waals surface area contributed by atoms with Crippen LogP contribution < -0.4 is 10.1 Å². The van der Waals surface area contributed by atoms with Crippen molar-refractivity contribution in [3.8, 4) is 5.75 Å². The molecule has 2 heterocycles. The van der Waals surface area contributed by atoms with Crippen LogP contribution in [0, 0.1) is 5.92 Å². The fourth-order valence-corrected chi connectivity index (χ4v) is 4.98. The Labute approximate surface area is 187 Å². The molecule has 1 aliphatic carbocycles. The van der Waals surface area contributed by atoms with Gasteiger partial charge in [-0.15, -0.1) is 0 Å². The number of halogens is 2. The number of ether oxygens (including phenoxy) is 2. The van der Waals surface area contributed by atoms with Gasteiger partial charge in [0, 0.05) is 25.3 Å². The number of hydrogen-bond acceptors (Lipinski definition) is 4. The maximum Gasteiger partial charge on any atom is 0.254 e. The Balaban J connectivity index is 1.43. The monoisotopic (exact) mass is 450 g/mol. The third-order valence-corrected chi connectivity index (χ3v) is 6.87. The molecule has 0 radical (unpaired) electrons. The zero-order chi connectivity index (χ0) is 22.6. The zero-order valence-electron chi connectivity index (χ0n) is 18.4. The minimum atomic E-state index is -2.67. The summed E-state index contributed by atoms with van der Waals surface area (Å²) in [7, 11) is 0. The Kier molecular flexibility index (Phi) is 6.98. The lowest BCUT2D eigenvalue weighted by Crippen LogP contribution is -2.62. The molecule has 2 aliphatic heterocycles. The van der Waals surface area contributed by atoms with Gasteiger partial charge in [-0.25, -0.2) is 8.78 Å². The Bertz CT molecular complexity index is 824. The van der Waals surface area contributed by atoms with Crippen molar-refractivity contribution in [2.45, 2.75) is 62.9 Å². The van der Waals surface area contributed by atoms with Crippen LogP contribution in [0.25, 0.3) is 0 Å². The van der Waals surface area contributed by atoms with Gasteiger partial charge in [0.05, 0.1) is 19.7 Å². The number of alkyl halides is 2. The number of aryl methyl sites for hydroxylation is 1. The first-order valence-corrected chi connectivity index (χ1v) is 11.7. The van der Waals surface area contributed by atoms with E-state index in [9.17, 15) is 18.4 Å². The predicted octanol–water partition coefficient (Wildman–Crippen LogP) is 3.33. The Morgan fingerprint density at radius 1 is 1.09 bits per heavy atom. The fraction of sp³-hybridized carbons (Fsp3) is 0.667. The fourth-order valence-electron chi connectivity index (χ4n) is 4.98. The molecule has 1 unspecified atom stereocenters. The van der Waals surface area contributed by atoms with Crippen LogP contribution in [0.5, 0.6) is 5.75 Å². The van der Waals surface area contributed by atoms with Crippen LogP contribution in [0.3, 0.4) is 0 Å². The third kappa shape index (κ3) is 5.22. The van der Waals surface area contributed by atoms with Gasteiger partial charge in [0.2, 0.25) is 11.8 Å². The number of rotatable bonds is 1. The lowest BCUT2D eigenvalue weighted by atomic mass is 9.85. The SMILES string of the molecule is O=C(C1CCC(F)(F)CC1)N1CCOC2(CCCCc3ccccc3OCCNC2=O)C1. The molecule has 2 amide bonds. The summed E-state index contributed by atoms with van der Waals surface area (Å²) in [6, 6.07) is 7.93. The van der Waals surface area contributed by atoms with Crippen molar-refractivity contribution in [2.24, 2.45) is 5.92 Å². The van der Waals surface area contributed by atoms with Crippen molar-refractivity contribution in [2.75, 3.05) is 32.8 Å². The molecule has 176 valence electrons. The molecule has 1 saturated carbocycles. The third-order valence-electron chi connectivity index (χ3n) is 6.87. The number of amides is 2. The Hall–Kier alpha value is -2.22. The predicted molar refractivity (Wildman–Crippen MR) is 115 cm³/mol. The van der Waals surface area contributed by atoms with Gasteiger partial charge in [-0.05, 0) is 50.2 Å². The minimum absolute atomic E-state index is 0.126. The maximum absolute atomic E-state index is 13.5. The Morgan fingerprint density at radius 3 is 2.69 bits per heavy atom. The quantitative estimate of drug-likeness (QED) is 0.713. The molecule has 32 heavy (non-hydrogen) atoms. The van der Waals surface area contributed by atoms with Crippen LogP contribution in [0.2, 0.25) is 0 Å². The van der Waals surface area contributed by atoms with E-state index in [0.717, 1.165) is 30.6 Å². The van der Waals surface area contributed by atoms with E-state index in [0.29, 0.717) is 26.1 Å². The molecule has 1 saturated heterocycles. The molecular weight excluding hydrogens is 418 g/mol. The van der Waals surface area contributed by atoms with Gasteiger partial charge in [-0.3, -0.25) is 9.59 Å². The average molecular weight is 451 g/mol. The molecule has 8 heteroatoms. The lowest BCUT2D eigenvalue weighted by Gasteiger charge is -2.43. The second-order valence-electron chi connectivity index (χ2n) is 9.15. The molecule has 3 aliphatic rings. The van der Waals surface area contributed by atoms with E-state index in [1.165, 1.54) is 0 Å². The highest BCUT2D eigenvalue weighted by Crippen LogP contribution is 2.37. The number of nitrogens with one attached hydrogen (secondary N) is 1. The summed E-state index contributed by atoms with van der Waals surface area (Å²) in [4.78, 5) is 27.9. The first kappa shape index (κ1) is 23.0. The summed E-state index contributed by atoms with van der Waals surface area (Å²) in [5.41, 5.74) is 0.0366. The topological polar surface area (TPSA) is 67.9 Å². The molecular formula is C24H32F2N2O4. The minimum Gasteiger partial charge on any atom is -0.491 e. The second-order valence-corrected chi connectivity index (χ2v) is 9.15. The standard InChI is InChI=1S/C24H32F2N2O4/c25-24(26)11-8-19(9-12-24)21(29)28-14-16-32-23(17-28)10-4-3-6-18-5-1-2-7-20(18)31-15-13-27-22(23)30/h1-2,5,7,19H,3-4,6,8-17H2,(H,27,30). The first-order chi connectivity index (χ1) is 15.4. The van der Waals surface area contributed by atoms with E-state index in [4.69, 9.17) is 9.47 Å². The number of carbonyl (C=O) groups excluding carboxylic acids is 2. The van der Waals surface area contributed by atoms with Crippen molar-refractivity contribution in [1.82, 2.24) is 10.2 Å². The van der Waals surface area contributed by atoms with E-state index in [1.807, 2.05) is 18.2 Å². The molecule has 1 aromatic carbocycles. The molecule has 0 bridgehead atoms. The van der Waals surface area contributed by atoms with Crippen LogP contribution in [0.4, 0.5) is 8.78 Å². The van der Waals surface area contributed by atoms with Gasteiger partial charge in [-0.1, -0.05) is 18.2 Å². The van der Waals surface area contributed by atoms with E-state index < -0.39 is 17.4 Å². The van der Waals surface area contributed by atoms with Crippen molar-refractivity contribution in [1.29, 1.82) is 0 Å². The highest BCUT2D eigenvalue weighted by Gasteiger charge is 2.46. The molecule has 2 fully saturated rings. The molecule has 0 aromatic heterocycles. The van der Waals surface area contributed by atoms with E-state index >= 15 is 0 Å². The molecule has 1 spiro atoms. The van der Waals surface area contributed by atoms with Gasteiger partial charge < -0.3 is 19.7 Å². The van der Waals surface area contributed by atoms with Gasteiger partial charge in [0.15, 0.2) is 5.60 Å². The molecule has 6 nitrogen and oxygen atoms in total.